The van der Waals surface area contributed by atoms with Crippen molar-refractivity contribution in [3.63, 3.8) is 0 Å². The number of carboxylic acids is 1. The molecule has 23 heavy (non-hydrogen) atoms. The molecular formula is C17H22N2O4. The zero-order valence-corrected chi connectivity index (χ0v) is 13.4. The normalized spacial score (nSPS) is 20.9. The molecule has 1 heterocycles. The minimum absolute atomic E-state index is 0.104. The fourth-order valence-electron chi connectivity index (χ4n) is 2.87. The number of nitrogens with zero attached hydrogens (tertiary/aromatic N) is 1. The maximum atomic E-state index is 12.6. The van der Waals surface area contributed by atoms with Crippen LogP contribution in [-0.4, -0.2) is 40.9 Å². The number of carbonyl (C=O) groups excluding carboxylic acids is 2. The lowest BCUT2D eigenvalue weighted by Gasteiger charge is -2.34. The third-order valence-electron chi connectivity index (χ3n) is 4.04. The summed E-state index contributed by atoms with van der Waals surface area (Å²) in [4.78, 5) is 36.3. The summed E-state index contributed by atoms with van der Waals surface area (Å²) in [6.45, 7) is 4.67. The van der Waals surface area contributed by atoms with Crippen LogP contribution in [0, 0.1) is 11.8 Å². The van der Waals surface area contributed by atoms with Crippen LogP contribution < -0.4 is 5.32 Å². The van der Waals surface area contributed by atoms with Crippen molar-refractivity contribution in [2.45, 2.75) is 26.8 Å². The van der Waals surface area contributed by atoms with Crippen molar-refractivity contribution in [2.24, 2.45) is 11.8 Å². The summed E-state index contributed by atoms with van der Waals surface area (Å²) in [5, 5.41) is 11.9. The average molecular weight is 318 g/mol. The van der Waals surface area contributed by atoms with E-state index in [0.717, 1.165) is 5.56 Å². The Labute approximate surface area is 135 Å². The van der Waals surface area contributed by atoms with Gasteiger partial charge in [-0.2, -0.15) is 0 Å². The van der Waals surface area contributed by atoms with Crippen molar-refractivity contribution in [3.05, 3.63) is 35.4 Å². The third kappa shape index (κ3) is 4.55. The molecule has 124 valence electrons. The maximum Gasteiger partial charge on any atom is 0.308 e. The summed E-state index contributed by atoms with van der Waals surface area (Å²) in [5.74, 6) is -1.42. The lowest BCUT2D eigenvalue weighted by Crippen LogP contribution is -2.45. The number of carbonyl (C=O) groups is 3. The molecule has 1 fully saturated rings. The summed E-state index contributed by atoms with van der Waals surface area (Å²) in [5.41, 5.74) is 1.45. The predicted octanol–water partition coefficient (Wildman–Crippen LogP) is 1.51. The van der Waals surface area contributed by atoms with Crippen LogP contribution in [0.5, 0.6) is 0 Å². The Balaban J connectivity index is 2.04. The highest BCUT2D eigenvalue weighted by molar-refractivity contribution is 5.94. The van der Waals surface area contributed by atoms with Gasteiger partial charge in [-0.15, -0.1) is 0 Å². The van der Waals surface area contributed by atoms with E-state index in [2.05, 4.69) is 5.32 Å². The average Bonchev–Trinajstić information content (AvgIpc) is 2.52. The largest absolute Gasteiger partial charge is 0.481 e. The Kier molecular flexibility index (Phi) is 5.36. The van der Waals surface area contributed by atoms with E-state index in [9.17, 15) is 19.5 Å². The molecule has 1 aliphatic heterocycles. The number of carboxylic acid groups (broad SMARTS) is 1. The van der Waals surface area contributed by atoms with Crippen molar-refractivity contribution in [1.29, 1.82) is 0 Å². The highest BCUT2D eigenvalue weighted by Crippen LogP contribution is 2.23. The number of hydrogen-bond donors (Lipinski definition) is 2. The van der Waals surface area contributed by atoms with Crippen molar-refractivity contribution >= 4 is 17.8 Å². The Bertz CT molecular complexity index is 597. The number of amides is 2. The van der Waals surface area contributed by atoms with E-state index in [1.54, 1.807) is 29.2 Å². The molecule has 0 aliphatic carbocycles. The lowest BCUT2D eigenvalue weighted by atomic mass is 9.90. The molecule has 2 amide bonds. The van der Waals surface area contributed by atoms with Crippen LogP contribution in [0.1, 0.15) is 36.2 Å². The summed E-state index contributed by atoms with van der Waals surface area (Å²) >= 11 is 0. The highest BCUT2D eigenvalue weighted by atomic mass is 16.4. The Hall–Kier alpha value is -2.37. The second-order valence-electron chi connectivity index (χ2n) is 6.19. The molecule has 0 aromatic heterocycles. The fourth-order valence-corrected chi connectivity index (χ4v) is 2.87. The molecule has 0 bridgehead atoms. The fraction of sp³-hybridized carbons (Fsp3) is 0.471. The van der Waals surface area contributed by atoms with Crippen LogP contribution in [0.3, 0.4) is 0 Å². The molecule has 2 atom stereocenters. The third-order valence-corrected chi connectivity index (χ3v) is 4.04. The van der Waals surface area contributed by atoms with Crippen LogP contribution >= 0.6 is 0 Å². The number of nitrogens with one attached hydrogen (secondary N) is 1. The minimum atomic E-state index is -0.847. The van der Waals surface area contributed by atoms with E-state index >= 15 is 0 Å². The van der Waals surface area contributed by atoms with Crippen molar-refractivity contribution < 1.29 is 19.5 Å². The van der Waals surface area contributed by atoms with Gasteiger partial charge in [-0.3, -0.25) is 14.4 Å². The number of piperidine rings is 1. The van der Waals surface area contributed by atoms with Gasteiger partial charge in [-0.05, 0) is 30.0 Å². The summed E-state index contributed by atoms with van der Waals surface area (Å²) in [6, 6.07) is 7.03. The molecular weight excluding hydrogens is 296 g/mol. The van der Waals surface area contributed by atoms with E-state index in [-0.39, 0.29) is 24.3 Å². The molecule has 1 aliphatic rings. The number of likely N-dealkylation sites (tertiary alicyclic amines) is 1. The van der Waals surface area contributed by atoms with Crippen molar-refractivity contribution in [1.82, 2.24) is 10.2 Å². The molecule has 2 unspecified atom stereocenters. The Morgan fingerprint density at radius 3 is 2.43 bits per heavy atom. The number of hydrogen-bond acceptors (Lipinski definition) is 3. The Morgan fingerprint density at radius 1 is 1.22 bits per heavy atom. The van der Waals surface area contributed by atoms with E-state index in [1.165, 1.54) is 6.92 Å². The maximum absolute atomic E-state index is 12.6. The second kappa shape index (κ2) is 7.26. The zero-order chi connectivity index (χ0) is 17.0. The van der Waals surface area contributed by atoms with Gasteiger partial charge in [0, 0.05) is 32.1 Å². The quantitative estimate of drug-likeness (QED) is 0.881. The molecule has 1 aromatic rings. The predicted molar refractivity (Wildman–Crippen MR) is 84.8 cm³/mol. The first kappa shape index (κ1) is 17.0. The molecule has 6 heteroatoms. The first-order valence-electron chi connectivity index (χ1n) is 7.72. The van der Waals surface area contributed by atoms with Gasteiger partial charge < -0.3 is 15.3 Å². The molecule has 1 aromatic carbocycles. The van der Waals surface area contributed by atoms with Gasteiger partial charge >= 0.3 is 5.97 Å². The molecule has 6 nitrogen and oxygen atoms in total. The molecule has 0 radical (unpaired) electrons. The SMILES string of the molecule is CC(=O)NCc1ccc(C(=O)N2CC(C)CC(C(=O)O)C2)cc1. The van der Waals surface area contributed by atoms with Gasteiger partial charge in [0.25, 0.3) is 5.91 Å². The van der Waals surface area contributed by atoms with E-state index < -0.39 is 11.9 Å². The van der Waals surface area contributed by atoms with Crippen LogP contribution in [0.15, 0.2) is 24.3 Å². The van der Waals surface area contributed by atoms with E-state index in [1.807, 2.05) is 6.92 Å². The number of aliphatic carboxylic acids is 1. The Morgan fingerprint density at radius 2 is 1.87 bits per heavy atom. The molecule has 2 N–H and O–H groups in total. The second-order valence-corrected chi connectivity index (χ2v) is 6.19. The molecule has 2 rings (SSSR count). The minimum Gasteiger partial charge on any atom is -0.481 e. The summed E-state index contributed by atoms with van der Waals surface area (Å²) in [6.07, 6.45) is 0.606. The standard InChI is InChI=1S/C17H22N2O4/c1-11-7-15(17(22)23)10-19(9-11)16(21)14-5-3-13(4-6-14)8-18-12(2)20/h3-6,11,15H,7-10H2,1-2H3,(H,18,20)(H,22,23). The van der Waals surface area contributed by atoms with E-state index in [4.69, 9.17) is 0 Å². The van der Waals surface area contributed by atoms with Gasteiger partial charge in [0.15, 0.2) is 0 Å². The van der Waals surface area contributed by atoms with Crippen molar-refractivity contribution in [3.8, 4) is 0 Å². The van der Waals surface area contributed by atoms with Gasteiger partial charge in [0.05, 0.1) is 5.92 Å². The van der Waals surface area contributed by atoms with Crippen molar-refractivity contribution in [2.75, 3.05) is 13.1 Å². The van der Waals surface area contributed by atoms with Crippen LogP contribution in [-0.2, 0) is 16.1 Å². The van der Waals surface area contributed by atoms with Gasteiger partial charge in [-0.25, -0.2) is 0 Å². The molecule has 0 saturated carbocycles. The number of benzene rings is 1. The molecule has 1 saturated heterocycles. The van der Waals surface area contributed by atoms with Crippen LogP contribution in [0.2, 0.25) is 0 Å². The zero-order valence-electron chi connectivity index (χ0n) is 13.4. The summed E-state index contributed by atoms with van der Waals surface area (Å²) in [7, 11) is 0. The van der Waals surface area contributed by atoms with E-state index in [0.29, 0.717) is 25.1 Å². The number of rotatable bonds is 4. The van der Waals surface area contributed by atoms with Gasteiger partial charge in [0.2, 0.25) is 5.91 Å². The van der Waals surface area contributed by atoms with Crippen LogP contribution in [0.25, 0.3) is 0 Å². The summed E-state index contributed by atoms with van der Waals surface area (Å²) < 4.78 is 0. The van der Waals surface area contributed by atoms with Crippen LogP contribution in [0.4, 0.5) is 0 Å². The van der Waals surface area contributed by atoms with Gasteiger partial charge in [-0.1, -0.05) is 19.1 Å². The lowest BCUT2D eigenvalue weighted by molar-refractivity contribution is -0.143. The first-order valence-corrected chi connectivity index (χ1v) is 7.72. The smallest absolute Gasteiger partial charge is 0.308 e. The first-order chi connectivity index (χ1) is 10.9. The monoisotopic (exact) mass is 318 g/mol. The van der Waals surface area contributed by atoms with Gasteiger partial charge in [0.1, 0.15) is 0 Å². The topological polar surface area (TPSA) is 86.7 Å². The highest BCUT2D eigenvalue weighted by Gasteiger charge is 2.32. The molecule has 0 spiro atoms.